The van der Waals surface area contributed by atoms with E-state index in [2.05, 4.69) is 50.2 Å². The summed E-state index contributed by atoms with van der Waals surface area (Å²) >= 11 is 0. The van der Waals surface area contributed by atoms with Crippen LogP contribution in [-0.2, 0) is 12.8 Å². The Balaban J connectivity index is 1.74. The Morgan fingerprint density at radius 1 is 0.400 bits per heavy atom. The van der Waals surface area contributed by atoms with Crippen molar-refractivity contribution in [1.82, 2.24) is 0 Å². The van der Waals surface area contributed by atoms with Gasteiger partial charge in [0.15, 0.2) is 0 Å². The topological polar surface area (TPSA) is 0 Å². The van der Waals surface area contributed by atoms with Gasteiger partial charge in [-0.3, -0.25) is 0 Å². The van der Waals surface area contributed by atoms with E-state index in [1.165, 1.54) is 126 Å². The maximum atomic E-state index is 2.36. The van der Waals surface area contributed by atoms with Crippen LogP contribution in [0.25, 0.3) is 10.8 Å². The van der Waals surface area contributed by atoms with Crippen LogP contribution < -0.4 is 0 Å². The molecule has 0 saturated heterocycles. The van der Waals surface area contributed by atoms with Gasteiger partial charge in [-0.25, -0.2) is 0 Å². The molecule has 0 radical (unpaired) electrons. The first-order valence-electron chi connectivity index (χ1n) is 13.4. The van der Waals surface area contributed by atoms with Crippen LogP contribution in [0.3, 0.4) is 0 Å². The smallest absolute Gasteiger partial charge is 0.0149 e. The van der Waals surface area contributed by atoms with Crippen molar-refractivity contribution in [3.63, 3.8) is 0 Å². The number of hydrogen-bond acceptors (Lipinski definition) is 0. The average Bonchev–Trinajstić information content (AvgIpc) is 2.77. The molecule has 0 heteroatoms. The number of fused-ring (bicyclic) bond motifs is 1. The van der Waals surface area contributed by atoms with Gasteiger partial charge >= 0.3 is 0 Å². The lowest BCUT2D eigenvalue weighted by atomic mass is 9.94. The van der Waals surface area contributed by atoms with Crippen LogP contribution in [0.4, 0.5) is 0 Å². The van der Waals surface area contributed by atoms with Gasteiger partial charge in [0.1, 0.15) is 0 Å². The van der Waals surface area contributed by atoms with E-state index in [-0.39, 0.29) is 0 Å². The molecule has 0 N–H and O–H groups in total. The zero-order chi connectivity index (χ0) is 21.3. The quantitative estimate of drug-likeness (QED) is 0.215. The second-order valence-electron chi connectivity index (χ2n) is 9.38. The first kappa shape index (κ1) is 25.0. The van der Waals surface area contributed by atoms with Crippen molar-refractivity contribution >= 4 is 10.8 Å². The standard InChI is InChI=1S/C30H48/c1-3-5-7-9-11-13-15-17-21-27-23-19-26-30-28(24-20-25-29(27)30)22-18-16-14-12-10-8-6-4-2/h19-20,23-26H,3-18,21-22H2,1-2H3. The predicted octanol–water partition coefficient (Wildman–Crippen LogP) is 10.2. The Morgan fingerprint density at radius 2 is 0.733 bits per heavy atom. The van der Waals surface area contributed by atoms with Crippen molar-refractivity contribution in [1.29, 1.82) is 0 Å². The summed E-state index contributed by atoms with van der Waals surface area (Å²) in [5, 5.41) is 3.02. The molecule has 30 heavy (non-hydrogen) atoms. The summed E-state index contributed by atoms with van der Waals surface area (Å²) in [6, 6.07) is 14.0. The van der Waals surface area contributed by atoms with Gasteiger partial charge in [0.05, 0.1) is 0 Å². The van der Waals surface area contributed by atoms with E-state index in [0.29, 0.717) is 0 Å². The molecule has 0 aliphatic rings. The molecule has 2 rings (SSSR count). The van der Waals surface area contributed by atoms with Crippen LogP contribution in [0.15, 0.2) is 36.4 Å². The second kappa shape index (κ2) is 16.4. The third kappa shape index (κ3) is 9.67. The fourth-order valence-corrected chi connectivity index (χ4v) is 4.77. The Bertz CT molecular complexity index is 610. The molecule has 0 amide bonds. The van der Waals surface area contributed by atoms with Crippen LogP contribution >= 0.6 is 0 Å². The summed E-state index contributed by atoms with van der Waals surface area (Å²) in [7, 11) is 0. The van der Waals surface area contributed by atoms with E-state index in [1.807, 2.05) is 0 Å². The van der Waals surface area contributed by atoms with Gasteiger partial charge < -0.3 is 0 Å². The van der Waals surface area contributed by atoms with Gasteiger partial charge in [0, 0.05) is 0 Å². The summed E-state index contributed by atoms with van der Waals surface area (Å²) in [5.74, 6) is 0. The Kier molecular flexibility index (Phi) is 13.6. The zero-order valence-corrected chi connectivity index (χ0v) is 20.2. The minimum atomic E-state index is 1.24. The summed E-state index contributed by atoms with van der Waals surface area (Å²) in [6.45, 7) is 4.59. The molecule has 0 aliphatic carbocycles. The molecular formula is C30H48. The number of benzene rings is 2. The zero-order valence-electron chi connectivity index (χ0n) is 20.2. The molecule has 0 nitrogen and oxygen atoms in total. The van der Waals surface area contributed by atoms with Gasteiger partial charge in [-0.15, -0.1) is 0 Å². The van der Waals surface area contributed by atoms with E-state index < -0.39 is 0 Å². The van der Waals surface area contributed by atoms with Crippen LogP contribution in [0.1, 0.15) is 128 Å². The van der Waals surface area contributed by atoms with Crippen molar-refractivity contribution in [2.45, 2.75) is 129 Å². The summed E-state index contributed by atoms with van der Waals surface area (Å²) in [4.78, 5) is 0. The lowest BCUT2D eigenvalue weighted by Gasteiger charge is -2.11. The highest BCUT2D eigenvalue weighted by Gasteiger charge is 2.05. The van der Waals surface area contributed by atoms with Gasteiger partial charge in [0.25, 0.3) is 0 Å². The third-order valence-corrected chi connectivity index (χ3v) is 6.70. The van der Waals surface area contributed by atoms with E-state index in [1.54, 1.807) is 11.1 Å². The highest BCUT2D eigenvalue weighted by atomic mass is 14.1. The molecule has 0 spiro atoms. The largest absolute Gasteiger partial charge is 0.0654 e. The summed E-state index contributed by atoms with van der Waals surface area (Å²) in [6.07, 6.45) is 24.9. The van der Waals surface area contributed by atoms with Gasteiger partial charge in [-0.05, 0) is 47.6 Å². The maximum absolute atomic E-state index is 2.36. The van der Waals surface area contributed by atoms with E-state index >= 15 is 0 Å². The highest BCUT2D eigenvalue weighted by Crippen LogP contribution is 2.25. The Morgan fingerprint density at radius 3 is 1.10 bits per heavy atom. The molecule has 0 heterocycles. The monoisotopic (exact) mass is 408 g/mol. The van der Waals surface area contributed by atoms with Crippen molar-refractivity contribution in [3.05, 3.63) is 47.5 Å². The molecule has 0 atom stereocenters. The number of hydrogen-bond donors (Lipinski definition) is 0. The van der Waals surface area contributed by atoms with Crippen molar-refractivity contribution in [3.8, 4) is 0 Å². The number of aryl methyl sites for hydroxylation is 2. The fourth-order valence-electron chi connectivity index (χ4n) is 4.77. The van der Waals surface area contributed by atoms with Crippen molar-refractivity contribution in [2.24, 2.45) is 0 Å². The molecule has 0 aromatic heterocycles. The van der Waals surface area contributed by atoms with Gasteiger partial charge in [-0.1, -0.05) is 140 Å². The summed E-state index contributed by atoms with van der Waals surface area (Å²) in [5.41, 5.74) is 3.13. The molecule has 0 saturated carbocycles. The maximum Gasteiger partial charge on any atom is -0.0149 e. The van der Waals surface area contributed by atoms with Gasteiger partial charge in [-0.2, -0.15) is 0 Å². The first-order valence-corrected chi connectivity index (χ1v) is 13.4. The summed E-state index contributed by atoms with van der Waals surface area (Å²) < 4.78 is 0. The first-order chi connectivity index (χ1) is 14.9. The molecule has 0 aliphatic heterocycles. The average molecular weight is 409 g/mol. The van der Waals surface area contributed by atoms with Crippen molar-refractivity contribution in [2.75, 3.05) is 0 Å². The number of unbranched alkanes of at least 4 members (excludes halogenated alkanes) is 14. The highest BCUT2D eigenvalue weighted by molar-refractivity contribution is 5.88. The van der Waals surface area contributed by atoms with E-state index in [0.717, 1.165) is 0 Å². The minimum absolute atomic E-state index is 1.24. The minimum Gasteiger partial charge on any atom is -0.0654 e. The SMILES string of the molecule is CCCCCCCCCCc1cccc2c(CCCCCCCCCC)cccc12. The molecule has 2 aromatic carbocycles. The molecule has 0 fully saturated rings. The Labute approximate surface area is 187 Å². The lowest BCUT2D eigenvalue weighted by molar-refractivity contribution is 0.575. The molecule has 0 unspecified atom stereocenters. The second-order valence-corrected chi connectivity index (χ2v) is 9.38. The van der Waals surface area contributed by atoms with Crippen LogP contribution in [0.2, 0.25) is 0 Å². The Hall–Kier alpha value is -1.30. The fraction of sp³-hybridized carbons (Fsp3) is 0.667. The van der Waals surface area contributed by atoms with Crippen LogP contribution in [0.5, 0.6) is 0 Å². The predicted molar refractivity (Wildman–Crippen MR) is 137 cm³/mol. The van der Waals surface area contributed by atoms with E-state index in [9.17, 15) is 0 Å². The van der Waals surface area contributed by atoms with Crippen LogP contribution in [-0.4, -0.2) is 0 Å². The molecule has 168 valence electrons. The van der Waals surface area contributed by atoms with E-state index in [4.69, 9.17) is 0 Å². The molecule has 0 bridgehead atoms. The van der Waals surface area contributed by atoms with Crippen LogP contribution in [0, 0.1) is 0 Å². The molecule has 2 aromatic rings. The normalized spacial score (nSPS) is 11.4. The van der Waals surface area contributed by atoms with Gasteiger partial charge in [0.2, 0.25) is 0 Å². The molecular weight excluding hydrogens is 360 g/mol. The lowest BCUT2D eigenvalue weighted by Crippen LogP contribution is -1.93. The van der Waals surface area contributed by atoms with Crippen molar-refractivity contribution < 1.29 is 0 Å². The third-order valence-electron chi connectivity index (χ3n) is 6.70. The number of rotatable bonds is 18.